The Kier molecular flexibility index (Phi) is 9.35. The van der Waals surface area contributed by atoms with E-state index in [1.54, 1.807) is 18.2 Å². The minimum absolute atomic E-state index is 0.0462. The standard InChI is InChI=1S/C21H28N4O4S2/c1-15-9-10-18(16(2)13-15)22-14-20(26)23-24-21(27)19(11-12-30-3)25-31(28,29)17-7-5-4-6-8-17/h4-10,13,19,22,25H,11-12,14H2,1-3H3,(H,23,26)(H,24,27). The largest absolute Gasteiger partial charge is 0.376 e. The van der Waals surface area contributed by atoms with Gasteiger partial charge in [0.2, 0.25) is 10.0 Å². The molecule has 2 rings (SSSR count). The molecule has 4 N–H and O–H groups in total. The molecule has 0 bridgehead atoms. The van der Waals surface area contributed by atoms with Gasteiger partial charge in [0.15, 0.2) is 0 Å². The van der Waals surface area contributed by atoms with Gasteiger partial charge in [-0.3, -0.25) is 20.4 Å². The number of nitrogens with one attached hydrogen (secondary N) is 4. The van der Waals surface area contributed by atoms with Crippen LogP contribution < -0.4 is 20.9 Å². The highest BCUT2D eigenvalue weighted by Crippen LogP contribution is 2.15. The molecule has 1 atom stereocenters. The molecule has 0 aliphatic rings. The fourth-order valence-corrected chi connectivity index (χ4v) is 4.51. The summed E-state index contributed by atoms with van der Waals surface area (Å²) in [5, 5.41) is 3.01. The van der Waals surface area contributed by atoms with Crippen molar-refractivity contribution in [2.75, 3.05) is 23.9 Å². The van der Waals surface area contributed by atoms with Gasteiger partial charge in [-0.2, -0.15) is 16.5 Å². The number of benzene rings is 2. The van der Waals surface area contributed by atoms with Gasteiger partial charge in [-0.1, -0.05) is 35.9 Å². The van der Waals surface area contributed by atoms with Crippen molar-refractivity contribution in [3.05, 3.63) is 59.7 Å². The summed E-state index contributed by atoms with van der Waals surface area (Å²) in [6.45, 7) is 3.87. The van der Waals surface area contributed by atoms with Gasteiger partial charge in [0, 0.05) is 5.69 Å². The Hall–Kier alpha value is -2.56. The average Bonchev–Trinajstić information content (AvgIpc) is 2.75. The highest BCUT2D eigenvalue weighted by Gasteiger charge is 2.25. The molecule has 2 aromatic rings. The van der Waals surface area contributed by atoms with Crippen molar-refractivity contribution in [2.24, 2.45) is 0 Å². The first-order valence-electron chi connectivity index (χ1n) is 9.69. The Labute approximate surface area is 187 Å². The van der Waals surface area contributed by atoms with Crippen molar-refractivity contribution in [1.82, 2.24) is 15.6 Å². The van der Waals surface area contributed by atoms with Crippen molar-refractivity contribution < 1.29 is 18.0 Å². The zero-order valence-electron chi connectivity index (χ0n) is 17.8. The molecule has 0 saturated carbocycles. The van der Waals surface area contributed by atoms with Crippen LogP contribution in [0, 0.1) is 13.8 Å². The minimum atomic E-state index is -3.87. The molecule has 2 aromatic carbocycles. The van der Waals surface area contributed by atoms with E-state index in [1.807, 2.05) is 38.3 Å². The first-order chi connectivity index (χ1) is 14.7. The van der Waals surface area contributed by atoms with Crippen LogP contribution in [0.15, 0.2) is 53.4 Å². The Bertz CT molecular complexity index is 998. The number of thioether (sulfide) groups is 1. The van der Waals surface area contributed by atoms with E-state index in [0.717, 1.165) is 16.8 Å². The lowest BCUT2D eigenvalue weighted by Gasteiger charge is -2.19. The van der Waals surface area contributed by atoms with E-state index in [-0.39, 0.29) is 17.9 Å². The van der Waals surface area contributed by atoms with E-state index in [1.165, 1.54) is 23.9 Å². The van der Waals surface area contributed by atoms with Gasteiger partial charge < -0.3 is 5.32 Å². The predicted molar refractivity (Wildman–Crippen MR) is 124 cm³/mol. The van der Waals surface area contributed by atoms with Gasteiger partial charge >= 0.3 is 0 Å². The maximum atomic E-state index is 12.6. The van der Waals surface area contributed by atoms with E-state index < -0.39 is 27.9 Å². The smallest absolute Gasteiger partial charge is 0.257 e. The molecule has 8 nitrogen and oxygen atoms in total. The van der Waals surface area contributed by atoms with Gasteiger partial charge in [-0.25, -0.2) is 8.42 Å². The number of aryl methyl sites for hydroxylation is 2. The summed E-state index contributed by atoms with van der Waals surface area (Å²) >= 11 is 1.49. The molecule has 0 aromatic heterocycles. The lowest BCUT2D eigenvalue weighted by Crippen LogP contribution is -2.53. The van der Waals surface area contributed by atoms with Crippen molar-refractivity contribution in [1.29, 1.82) is 0 Å². The Balaban J connectivity index is 1.93. The Morgan fingerprint density at radius 2 is 1.74 bits per heavy atom. The number of rotatable bonds is 10. The van der Waals surface area contributed by atoms with Crippen LogP contribution in [0.2, 0.25) is 0 Å². The molecule has 0 fully saturated rings. The lowest BCUT2D eigenvalue weighted by atomic mass is 10.1. The second kappa shape index (κ2) is 11.7. The summed E-state index contributed by atoms with van der Waals surface area (Å²) in [6, 6.07) is 12.6. The predicted octanol–water partition coefficient (Wildman–Crippen LogP) is 1.96. The number of anilines is 1. The third kappa shape index (κ3) is 7.89. The molecular formula is C21H28N4O4S2. The molecule has 0 aliphatic heterocycles. The van der Waals surface area contributed by atoms with Gasteiger partial charge in [0.1, 0.15) is 6.04 Å². The maximum Gasteiger partial charge on any atom is 0.257 e. The van der Waals surface area contributed by atoms with Crippen LogP contribution in [0.4, 0.5) is 5.69 Å². The van der Waals surface area contributed by atoms with Crippen LogP contribution in [-0.2, 0) is 19.6 Å². The Morgan fingerprint density at radius 1 is 1.03 bits per heavy atom. The maximum absolute atomic E-state index is 12.6. The average molecular weight is 465 g/mol. The van der Waals surface area contributed by atoms with E-state index in [4.69, 9.17) is 0 Å². The number of sulfonamides is 1. The molecule has 0 spiro atoms. The monoisotopic (exact) mass is 464 g/mol. The number of hydrogen-bond donors (Lipinski definition) is 4. The number of carbonyl (C=O) groups excluding carboxylic acids is 2. The zero-order valence-corrected chi connectivity index (χ0v) is 19.4. The highest BCUT2D eigenvalue weighted by molar-refractivity contribution is 7.98. The molecule has 31 heavy (non-hydrogen) atoms. The SMILES string of the molecule is CSCCC(NS(=O)(=O)c1ccccc1)C(=O)NNC(=O)CNc1ccc(C)cc1C. The second-order valence-electron chi connectivity index (χ2n) is 6.98. The van der Waals surface area contributed by atoms with Crippen molar-refractivity contribution in [3.8, 4) is 0 Å². The fraction of sp³-hybridized carbons (Fsp3) is 0.333. The molecular weight excluding hydrogens is 436 g/mol. The Morgan fingerprint density at radius 3 is 2.39 bits per heavy atom. The van der Waals surface area contributed by atoms with Gasteiger partial charge in [0.05, 0.1) is 11.4 Å². The molecule has 0 aliphatic carbocycles. The summed E-state index contributed by atoms with van der Waals surface area (Å²) in [5.41, 5.74) is 7.58. The minimum Gasteiger partial charge on any atom is -0.376 e. The summed E-state index contributed by atoms with van der Waals surface area (Å²) in [4.78, 5) is 24.7. The highest BCUT2D eigenvalue weighted by atomic mass is 32.2. The molecule has 0 heterocycles. The molecule has 0 saturated heterocycles. The van der Waals surface area contributed by atoms with Gasteiger partial charge in [-0.15, -0.1) is 0 Å². The number of carbonyl (C=O) groups is 2. The number of amides is 2. The van der Waals surface area contributed by atoms with Crippen molar-refractivity contribution >= 4 is 39.3 Å². The summed E-state index contributed by atoms with van der Waals surface area (Å²) in [6.07, 6.45) is 2.14. The normalized spacial score (nSPS) is 12.1. The molecule has 1 unspecified atom stereocenters. The molecule has 168 valence electrons. The van der Waals surface area contributed by atoms with E-state index >= 15 is 0 Å². The van der Waals surface area contributed by atoms with Crippen LogP contribution in [-0.4, -0.2) is 44.8 Å². The van der Waals surface area contributed by atoms with Crippen LogP contribution >= 0.6 is 11.8 Å². The molecule has 0 radical (unpaired) electrons. The lowest BCUT2D eigenvalue weighted by molar-refractivity contribution is -0.129. The van der Waals surface area contributed by atoms with Crippen LogP contribution in [0.25, 0.3) is 0 Å². The molecule has 10 heteroatoms. The van der Waals surface area contributed by atoms with Crippen LogP contribution in [0.5, 0.6) is 0 Å². The van der Waals surface area contributed by atoms with Crippen molar-refractivity contribution in [2.45, 2.75) is 31.2 Å². The molecule has 2 amide bonds. The second-order valence-corrected chi connectivity index (χ2v) is 9.68. The van der Waals surface area contributed by atoms with Gasteiger partial charge in [-0.05, 0) is 56.0 Å². The zero-order chi connectivity index (χ0) is 22.9. The third-order valence-electron chi connectivity index (χ3n) is 4.42. The first-order valence-corrected chi connectivity index (χ1v) is 12.6. The number of hydrogen-bond acceptors (Lipinski definition) is 6. The summed E-state index contributed by atoms with van der Waals surface area (Å²) < 4.78 is 27.6. The number of hydrazine groups is 1. The third-order valence-corrected chi connectivity index (χ3v) is 6.56. The van der Waals surface area contributed by atoms with Crippen LogP contribution in [0.1, 0.15) is 17.5 Å². The van der Waals surface area contributed by atoms with E-state index in [9.17, 15) is 18.0 Å². The van der Waals surface area contributed by atoms with Crippen molar-refractivity contribution in [3.63, 3.8) is 0 Å². The van der Waals surface area contributed by atoms with Crippen LogP contribution in [0.3, 0.4) is 0 Å². The van der Waals surface area contributed by atoms with E-state index in [0.29, 0.717) is 5.75 Å². The summed E-state index contributed by atoms with van der Waals surface area (Å²) in [7, 11) is -3.87. The van der Waals surface area contributed by atoms with E-state index in [2.05, 4.69) is 20.9 Å². The van der Waals surface area contributed by atoms with Gasteiger partial charge in [0.25, 0.3) is 11.8 Å². The topological polar surface area (TPSA) is 116 Å². The first kappa shape index (κ1) is 24.7. The quantitative estimate of drug-likeness (QED) is 0.400. The summed E-state index contributed by atoms with van der Waals surface area (Å²) in [5.74, 6) is -0.520. The fourth-order valence-electron chi connectivity index (χ4n) is 2.78.